The van der Waals surface area contributed by atoms with Crippen LogP contribution in [0.1, 0.15) is 36.0 Å². The van der Waals surface area contributed by atoms with E-state index in [9.17, 15) is 9.18 Å². The minimum atomic E-state index is -0.178. The van der Waals surface area contributed by atoms with Crippen molar-refractivity contribution < 1.29 is 13.6 Å². The number of anilines is 1. The van der Waals surface area contributed by atoms with Gasteiger partial charge in [-0.3, -0.25) is 9.69 Å². The highest BCUT2D eigenvalue weighted by Crippen LogP contribution is 2.22. The van der Waals surface area contributed by atoms with Gasteiger partial charge in [0.2, 0.25) is 0 Å². The minimum absolute atomic E-state index is 0.121. The maximum absolute atomic E-state index is 13.9. The first-order valence-corrected chi connectivity index (χ1v) is 10.4. The van der Waals surface area contributed by atoms with Crippen molar-refractivity contribution in [3.05, 3.63) is 59.7 Å². The lowest BCUT2D eigenvalue weighted by molar-refractivity contribution is 0.0947. The van der Waals surface area contributed by atoms with Crippen LogP contribution in [0.3, 0.4) is 0 Å². The Morgan fingerprint density at radius 2 is 1.93 bits per heavy atom. The minimum Gasteiger partial charge on any atom is -0.440 e. The Labute approximate surface area is 175 Å². The van der Waals surface area contributed by atoms with Crippen LogP contribution in [0.4, 0.5) is 10.1 Å². The Morgan fingerprint density at radius 3 is 2.67 bits per heavy atom. The van der Waals surface area contributed by atoms with Crippen LogP contribution in [0.15, 0.2) is 46.9 Å². The molecule has 6 nitrogen and oxygen atoms in total. The number of hydrogen-bond acceptors (Lipinski definition) is 5. The molecule has 1 saturated heterocycles. The number of halogens is 1. The predicted molar refractivity (Wildman–Crippen MR) is 115 cm³/mol. The number of para-hydroxylation sites is 1. The number of rotatable bonds is 6. The number of carbonyl (C=O) groups excluding carboxylic acids is 1. The van der Waals surface area contributed by atoms with Gasteiger partial charge in [0.25, 0.3) is 5.91 Å². The van der Waals surface area contributed by atoms with E-state index in [4.69, 9.17) is 4.42 Å². The van der Waals surface area contributed by atoms with Crippen LogP contribution in [-0.2, 0) is 0 Å². The topological polar surface area (TPSA) is 61.6 Å². The second-order valence-electron chi connectivity index (χ2n) is 7.93. The number of carbonyl (C=O) groups is 1. The number of oxazole rings is 1. The lowest BCUT2D eigenvalue weighted by atomic mass is 10.2. The van der Waals surface area contributed by atoms with E-state index in [-0.39, 0.29) is 17.6 Å². The molecular weight excluding hydrogens is 383 g/mol. The van der Waals surface area contributed by atoms with Gasteiger partial charge in [-0.2, -0.15) is 0 Å². The number of amides is 1. The van der Waals surface area contributed by atoms with Crippen molar-refractivity contribution >= 4 is 22.7 Å². The molecule has 7 heteroatoms. The number of nitrogens with zero attached hydrogens (tertiary/aromatic N) is 3. The summed E-state index contributed by atoms with van der Waals surface area (Å²) in [7, 11) is 0. The van der Waals surface area contributed by atoms with Crippen LogP contribution in [0, 0.1) is 5.82 Å². The lowest BCUT2D eigenvalue weighted by Crippen LogP contribution is -2.48. The van der Waals surface area contributed by atoms with E-state index in [0.29, 0.717) is 29.3 Å². The molecule has 1 fully saturated rings. The molecule has 2 heterocycles. The molecule has 0 atom stereocenters. The van der Waals surface area contributed by atoms with Crippen LogP contribution >= 0.6 is 0 Å². The van der Waals surface area contributed by atoms with Crippen LogP contribution in [0.25, 0.3) is 11.1 Å². The van der Waals surface area contributed by atoms with E-state index >= 15 is 0 Å². The van der Waals surface area contributed by atoms with Gasteiger partial charge in [0.15, 0.2) is 11.5 Å². The van der Waals surface area contributed by atoms with Crippen molar-refractivity contribution in [1.29, 1.82) is 0 Å². The third kappa shape index (κ3) is 4.46. The zero-order valence-corrected chi connectivity index (χ0v) is 17.4. The number of piperazine rings is 1. The first-order chi connectivity index (χ1) is 14.5. The van der Waals surface area contributed by atoms with Crippen molar-refractivity contribution in [1.82, 2.24) is 15.2 Å². The third-order valence-corrected chi connectivity index (χ3v) is 5.44. The van der Waals surface area contributed by atoms with Gasteiger partial charge in [0, 0.05) is 50.7 Å². The standard InChI is InChI=1S/C23H27FN4O2/c1-16(2)23-26-19-8-7-17(15-21(19)30-23)22(29)25-9-10-27-11-13-28(14-12-27)20-6-4-3-5-18(20)24/h3-8,15-16H,9-14H2,1-2H3,(H,25,29). The van der Waals surface area contributed by atoms with Gasteiger partial charge in [0.05, 0.1) is 5.69 Å². The van der Waals surface area contributed by atoms with Crippen LogP contribution in [0.5, 0.6) is 0 Å². The van der Waals surface area contributed by atoms with Gasteiger partial charge >= 0.3 is 0 Å². The summed E-state index contributed by atoms with van der Waals surface area (Å²) in [6.45, 7) is 8.59. The Morgan fingerprint density at radius 1 is 1.17 bits per heavy atom. The number of benzene rings is 2. The van der Waals surface area contributed by atoms with Crippen molar-refractivity contribution in [2.45, 2.75) is 19.8 Å². The molecule has 1 aliphatic rings. The number of fused-ring (bicyclic) bond motifs is 1. The van der Waals surface area contributed by atoms with E-state index in [1.54, 1.807) is 18.2 Å². The molecule has 0 unspecified atom stereocenters. The van der Waals surface area contributed by atoms with Crippen molar-refractivity contribution in [3.63, 3.8) is 0 Å². The normalized spacial score (nSPS) is 15.1. The summed E-state index contributed by atoms with van der Waals surface area (Å²) >= 11 is 0. The number of aromatic nitrogens is 1. The summed E-state index contributed by atoms with van der Waals surface area (Å²) in [4.78, 5) is 21.3. The molecule has 3 aromatic rings. The summed E-state index contributed by atoms with van der Waals surface area (Å²) in [6, 6.07) is 12.2. The van der Waals surface area contributed by atoms with Gasteiger partial charge in [0.1, 0.15) is 11.3 Å². The molecule has 0 spiro atoms. The summed E-state index contributed by atoms with van der Waals surface area (Å²) in [5.74, 6) is 0.581. The average molecular weight is 410 g/mol. The molecule has 4 rings (SSSR count). The first-order valence-electron chi connectivity index (χ1n) is 10.4. The highest BCUT2D eigenvalue weighted by atomic mass is 19.1. The lowest BCUT2D eigenvalue weighted by Gasteiger charge is -2.36. The molecule has 0 bridgehead atoms. The molecular formula is C23H27FN4O2. The highest BCUT2D eigenvalue weighted by molar-refractivity contribution is 5.97. The zero-order chi connectivity index (χ0) is 21.1. The molecule has 1 N–H and O–H groups in total. The number of nitrogens with one attached hydrogen (secondary N) is 1. The molecule has 0 aliphatic carbocycles. The zero-order valence-electron chi connectivity index (χ0n) is 17.4. The molecule has 1 aromatic heterocycles. The molecule has 158 valence electrons. The average Bonchev–Trinajstić information content (AvgIpc) is 3.18. The molecule has 0 radical (unpaired) electrons. The molecule has 2 aromatic carbocycles. The van der Waals surface area contributed by atoms with E-state index in [1.807, 2.05) is 32.0 Å². The molecule has 1 aliphatic heterocycles. The SMILES string of the molecule is CC(C)c1nc2ccc(C(=O)NCCN3CCN(c4ccccc4F)CC3)cc2o1. The predicted octanol–water partition coefficient (Wildman–Crippen LogP) is 3.64. The van der Waals surface area contributed by atoms with Gasteiger partial charge in [-0.25, -0.2) is 9.37 Å². The Bertz CT molecular complexity index is 1020. The maximum Gasteiger partial charge on any atom is 0.251 e. The van der Waals surface area contributed by atoms with Gasteiger partial charge in [-0.05, 0) is 30.3 Å². The van der Waals surface area contributed by atoms with Gasteiger partial charge in [-0.15, -0.1) is 0 Å². The van der Waals surface area contributed by atoms with Crippen molar-refractivity contribution in [2.75, 3.05) is 44.2 Å². The van der Waals surface area contributed by atoms with E-state index < -0.39 is 0 Å². The van der Waals surface area contributed by atoms with Gasteiger partial charge in [-0.1, -0.05) is 26.0 Å². The van der Waals surface area contributed by atoms with Crippen LogP contribution in [0.2, 0.25) is 0 Å². The second-order valence-corrected chi connectivity index (χ2v) is 7.93. The monoisotopic (exact) mass is 410 g/mol. The Balaban J connectivity index is 1.26. The van der Waals surface area contributed by atoms with E-state index in [2.05, 4.69) is 20.1 Å². The number of hydrogen-bond donors (Lipinski definition) is 1. The fourth-order valence-electron chi connectivity index (χ4n) is 3.68. The van der Waals surface area contributed by atoms with E-state index in [1.165, 1.54) is 6.07 Å². The van der Waals surface area contributed by atoms with Crippen molar-refractivity contribution in [3.8, 4) is 0 Å². The quantitative estimate of drug-likeness (QED) is 0.672. The largest absolute Gasteiger partial charge is 0.440 e. The van der Waals surface area contributed by atoms with Gasteiger partial charge < -0.3 is 14.6 Å². The Kier molecular flexibility index (Phi) is 5.99. The van der Waals surface area contributed by atoms with Crippen molar-refractivity contribution in [2.24, 2.45) is 0 Å². The molecule has 0 saturated carbocycles. The van der Waals surface area contributed by atoms with Crippen LogP contribution in [-0.4, -0.2) is 55.1 Å². The summed E-state index contributed by atoms with van der Waals surface area (Å²) in [5, 5.41) is 2.98. The smallest absolute Gasteiger partial charge is 0.251 e. The third-order valence-electron chi connectivity index (χ3n) is 5.44. The Hall–Kier alpha value is -2.93. The summed E-state index contributed by atoms with van der Waals surface area (Å²) < 4.78 is 19.7. The first kappa shape index (κ1) is 20.3. The summed E-state index contributed by atoms with van der Waals surface area (Å²) in [5.41, 5.74) is 2.63. The second kappa shape index (κ2) is 8.83. The maximum atomic E-state index is 13.9. The summed E-state index contributed by atoms with van der Waals surface area (Å²) in [6.07, 6.45) is 0. The molecule has 30 heavy (non-hydrogen) atoms. The fraction of sp³-hybridized carbons (Fsp3) is 0.391. The fourth-order valence-corrected chi connectivity index (χ4v) is 3.68. The highest BCUT2D eigenvalue weighted by Gasteiger charge is 2.19. The van der Waals surface area contributed by atoms with E-state index in [0.717, 1.165) is 38.2 Å². The molecule has 1 amide bonds. The van der Waals surface area contributed by atoms with Crippen LogP contribution < -0.4 is 10.2 Å².